The molecular formula is C30H33N3O4. The van der Waals surface area contributed by atoms with Gasteiger partial charge in [0.25, 0.3) is 5.56 Å². The van der Waals surface area contributed by atoms with Crippen molar-refractivity contribution in [1.82, 2.24) is 4.57 Å². The van der Waals surface area contributed by atoms with Crippen LogP contribution in [-0.4, -0.2) is 24.7 Å². The predicted molar refractivity (Wildman–Crippen MR) is 149 cm³/mol. The van der Waals surface area contributed by atoms with Gasteiger partial charge in [-0.25, -0.2) is 0 Å². The maximum Gasteiger partial charge on any atom is 0.256 e. The molecule has 3 aromatic carbocycles. The van der Waals surface area contributed by atoms with Gasteiger partial charge in [-0.05, 0) is 67.3 Å². The SMILES string of the molecule is CCc1ccc(NCc2cc3cc(OC)c(OC)cc3n(CC(=O)Nc3cc(C)ccc3C)c2=O)cc1. The second kappa shape index (κ2) is 11.2. The number of carbonyl (C=O) groups is 1. The Morgan fingerprint density at radius 2 is 1.62 bits per heavy atom. The summed E-state index contributed by atoms with van der Waals surface area (Å²) in [6.07, 6.45) is 0.963. The minimum atomic E-state index is -0.285. The molecule has 1 heterocycles. The maximum absolute atomic E-state index is 13.6. The van der Waals surface area contributed by atoms with Gasteiger partial charge in [-0.1, -0.05) is 31.2 Å². The average molecular weight is 500 g/mol. The number of ether oxygens (including phenoxy) is 2. The molecule has 0 unspecified atom stereocenters. The number of nitrogens with zero attached hydrogens (tertiary/aromatic N) is 1. The molecule has 1 aromatic heterocycles. The van der Waals surface area contributed by atoms with Crippen molar-refractivity contribution in [2.45, 2.75) is 40.3 Å². The van der Waals surface area contributed by atoms with Gasteiger partial charge in [0.2, 0.25) is 5.91 Å². The Hall–Kier alpha value is -4.26. The van der Waals surface area contributed by atoms with Crippen LogP contribution >= 0.6 is 0 Å². The quantitative estimate of drug-likeness (QED) is 0.320. The molecule has 7 nitrogen and oxygen atoms in total. The molecule has 0 saturated heterocycles. The molecule has 0 fully saturated rings. The summed E-state index contributed by atoms with van der Waals surface area (Å²) in [7, 11) is 3.11. The molecule has 37 heavy (non-hydrogen) atoms. The maximum atomic E-state index is 13.6. The number of aryl methyl sites for hydroxylation is 3. The van der Waals surface area contributed by atoms with Crippen molar-refractivity contribution in [1.29, 1.82) is 0 Å². The van der Waals surface area contributed by atoms with Crippen molar-refractivity contribution in [3.8, 4) is 11.5 Å². The van der Waals surface area contributed by atoms with Gasteiger partial charge in [0.15, 0.2) is 11.5 Å². The number of fused-ring (bicyclic) bond motifs is 1. The number of rotatable bonds is 9. The number of carbonyl (C=O) groups excluding carboxylic acids is 1. The standard InChI is InChI=1S/C30H33N3O4/c1-6-21-9-11-24(12-10-21)31-17-23-14-22-15-27(36-4)28(37-5)16-26(22)33(30(23)35)18-29(34)32-25-13-19(2)7-8-20(25)3/h7-16,31H,6,17-18H2,1-5H3,(H,32,34). The topological polar surface area (TPSA) is 81.6 Å². The number of nitrogens with one attached hydrogen (secondary N) is 2. The van der Waals surface area contributed by atoms with Crippen LogP contribution < -0.4 is 25.7 Å². The van der Waals surface area contributed by atoms with E-state index in [0.717, 1.165) is 34.3 Å². The fraction of sp³-hybridized carbons (Fsp3) is 0.267. The van der Waals surface area contributed by atoms with E-state index in [0.29, 0.717) is 29.1 Å². The van der Waals surface area contributed by atoms with Gasteiger partial charge in [-0.15, -0.1) is 0 Å². The first-order chi connectivity index (χ1) is 17.8. The molecule has 1 amide bonds. The molecule has 0 aliphatic heterocycles. The molecule has 0 atom stereocenters. The van der Waals surface area contributed by atoms with Crippen LogP contribution in [0.1, 0.15) is 29.2 Å². The summed E-state index contributed by atoms with van der Waals surface area (Å²) in [4.78, 5) is 26.8. The van der Waals surface area contributed by atoms with E-state index in [1.807, 2.05) is 56.3 Å². The number of hydrogen-bond acceptors (Lipinski definition) is 5. The normalized spacial score (nSPS) is 10.8. The van der Waals surface area contributed by atoms with Crippen LogP contribution in [0.3, 0.4) is 0 Å². The fourth-order valence-corrected chi connectivity index (χ4v) is 4.31. The monoisotopic (exact) mass is 499 g/mol. The van der Waals surface area contributed by atoms with Crippen molar-refractivity contribution in [2.75, 3.05) is 24.9 Å². The van der Waals surface area contributed by atoms with Crippen molar-refractivity contribution in [3.63, 3.8) is 0 Å². The van der Waals surface area contributed by atoms with Gasteiger partial charge in [-0.3, -0.25) is 14.2 Å². The van der Waals surface area contributed by atoms with Gasteiger partial charge in [0.05, 0.1) is 19.7 Å². The Bertz CT molecular complexity index is 1490. The predicted octanol–water partition coefficient (Wildman–Crippen LogP) is 5.45. The number of hydrogen-bond donors (Lipinski definition) is 2. The molecule has 4 rings (SSSR count). The van der Waals surface area contributed by atoms with Crippen LogP contribution in [0.2, 0.25) is 0 Å². The van der Waals surface area contributed by atoms with Crippen LogP contribution in [0.15, 0.2) is 65.5 Å². The minimum absolute atomic E-state index is 0.142. The summed E-state index contributed by atoms with van der Waals surface area (Å²) >= 11 is 0. The van der Waals surface area contributed by atoms with Crippen molar-refractivity contribution in [3.05, 3.63) is 93.3 Å². The first-order valence-electron chi connectivity index (χ1n) is 12.3. The van der Waals surface area contributed by atoms with Crippen molar-refractivity contribution < 1.29 is 14.3 Å². The van der Waals surface area contributed by atoms with Crippen molar-refractivity contribution >= 4 is 28.2 Å². The molecule has 0 radical (unpaired) electrons. The zero-order valence-electron chi connectivity index (χ0n) is 22.0. The summed E-state index contributed by atoms with van der Waals surface area (Å²) in [5.41, 5.74) is 5.78. The molecule has 0 saturated carbocycles. The fourth-order valence-electron chi connectivity index (χ4n) is 4.31. The number of methoxy groups -OCH3 is 2. The van der Waals surface area contributed by atoms with Gasteiger partial charge in [-0.2, -0.15) is 0 Å². The van der Waals surface area contributed by atoms with E-state index in [-0.39, 0.29) is 18.0 Å². The van der Waals surface area contributed by atoms with E-state index in [2.05, 4.69) is 29.7 Å². The number of aromatic nitrogens is 1. The highest BCUT2D eigenvalue weighted by atomic mass is 16.5. The summed E-state index contributed by atoms with van der Waals surface area (Å²) in [5, 5.41) is 7.07. The smallest absolute Gasteiger partial charge is 0.256 e. The lowest BCUT2D eigenvalue weighted by molar-refractivity contribution is -0.116. The third-order valence-electron chi connectivity index (χ3n) is 6.49. The Kier molecular flexibility index (Phi) is 7.82. The minimum Gasteiger partial charge on any atom is -0.493 e. The lowest BCUT2D eigenvalue weighted by atomic mass is 10.1. The van der Waals surface area contributed by atoms with E-state index in [1.54, 1.807) is 20.3 Å². The number of pyridine rings is 1. The van der Waals surface area contributed by atoms with Crippen molar-refractivity contribution in [2.24, 2.45) is 0 Å². The molecule has 2 N–H and O–H groups in total. The molecule has 7 heteroatoms. The Morgan fingerprint density at radius 3 is 2.30 bits per heavy atom. The van der Waals surface area contributed by atoms with Crippen LogP contribution in [0.5, 0.6) is 11.5 Å². The van der Waals surface area contributed by atoms with Gasteiger partial charge >= 0.3 is 0 Å². The molecule has 0 spiro atoms. The van der Waals surface area contributed by atoms with E-state index >= 15 is 0 Å². The molecule has 0 aliphatic carbocycles. The zero-order chi connectivity index (χ0) is 26.5. The van der Waals surface area contributed by atoms with Crippen LogP contribution in [0.4, 0.5) is 11.4 Å². The van der Waals surface area contributed by atoms with E-state index in [9.17, 15) is 9.59 Å². The zero-order valence-corrected chi connectivity index (χ0v) is 22.0. The average Bonchev–Trinajstić information content (AvgIpc) is 2.91. The number of anilines is 2. The Labute approximate surface area is 217 Å². The van der Waals surface area contributed by atoms with E-state index < -0.39 is 0 Å². The second-order valence-corrected chi connectivity index (χ2v) is 9.10. The lowest BCUT2D eigenvalue weighted by Gasteiger charge is -2.17. The molecule has 192 valence electrons. The van der Waals surface area contributed by atoms with Crippen LogP contribution in [0.25, 0.3) is 10.9 Å². The summed E-state index contributed by atoms with van der Waals surface area (Å²) in [6, 6.07) is 19.4. The highest BCUT2D eigenvalue weighted by molar-refractivity contribution is 5.93. The van der Waals surface area contributed by atoms with Gasteiger partial charge in [0, 0.05) is 34.9 Å². The highest BCUT2D eigenvalue weighted by Gasteiger charge is 2.16. The molecular weight excluding hydrogens is 466 g/mol. The first-order valence-corrected chi connectivity index (χ1v) is 12.3. The third-order valence-corrected chi connectivity index (χ3v) is 6.49. The number of benzene rings is 3. The summed E-state index contributed by atoms with van der Waals surface area (Å²) in [6.45, 7) is 6.19. The summed E-state index contributed by atoms with van der Waals surface area (Å²) < 4.78 is 12.4. The molecule has 4 aromatic rings. The van der Waals surface area contributed by atoms with Crippen LogP contribution in [-0.2, 0) is 24.3 Å². The third kappa shape index (κ3) is 5.77. The summed E-state index contributed by atoms with van der Waals surface area (Å²) in [5.74, 6) is 0.751. The lowest BCUT2D eigenvalue weighted by Crippen LogP contribution is -2.31. The second-order valence-electron chi connectivity index (χ2n) is 9.10. The largest absolute Gasteiger partial charge is 0.493 e. The van der Waals surface area contributed by atoms with Gasteiger partial charge < -0.3 is 20.1 Å². The highest BCUT2D eigenvalue weighted by Crippen LogP contribution is 2.32. The van der Waals surface area contributed by atoms with E-state index in [1.165, 1.54) is 10.1 Å². The first kappa shape index (κ1) is 25.8. The molecule has 0 aliphatic rings. The Morgan fingerprint density at radius 1 is 0.919 bits per heavy atom. The van der Waals surface area contributed by atoms with Crippen LogP contribution in [0, 0.1) is 13.8 Å². The Balaban J connectivity index is 1.72. The van der Waals surface area contributed by atoms with Gasteiger partial charge in [0.1, 0.15) is 6.54 Å². The number of amides is 1. The molecule has 0 bridgehead atoms. The van der Waals surface area contributed by atoms with E-state index in [4.69, 9.17) is 9.47 Å².